The molecule has 35 heavy (non-hydrogen) atoms. The van der Waals surface area contributed by atoms with Crippen LogP contribution in [0.1, 0.15) is 99.3 Å². The summed E-state index contributed by atoms with van der Waals surface area (Å²) in [6.07, 6.45) is 10.3. The zero-order valence-corrected chi connectivity index (χ0v) is 22.8. The molecule has 0 aromatic rings. The average molecular weight is 489 g/mol. The van der Waals surface area contributed by atoms with Crippen LogP contribution < -0.4 is 0 Å². The lowest BCUT2D eigenvalue weighted by Gasteiger charge is -2.64. The molecule has 0 unspecified atom stereocenters. The quantitative estimate of drug-likeness (QED) is 0.450. The molecular weight excluding hydrogens is 440 g/mol. The number of ether oxygens (including phenoxy) is 1. The first-order valence-electron chi connectivity index (χ1n) is 14.1. The van der Waals surface area contributed by atoms with Crippen molar-refractivity contribution in [3.63, 3.8) is 0 Å². The molecule has 1 saturated heterocycles. The Balaban J connectivity index is 1.50. The molecule has 0 amide bonds. The smallest absolute Gasteiger partial charge is 0.309 e. The number of carboxylic acids is 1. The maximum absolute atomic E-state index is 12.7. The van der Waals surface area contributed by atoms with E-state index in [0.29, 0.717) is 5.92 Å². The Morgan fingerprint density at radius 1 is 1.00 bits per heavy atom. The second-order valence-corrected chi connectivity index (χ2v) is 14.5. The number of aliphatic hydroxyl groups excluding tert-OH is 2. The maximum atomic E-state index is 12.7. The number of aliphatic carboxylic acids is 1. The number of allylic oxidation sites excluding steroid dienone is 2. The standard InChI is InChI=1S/C30H48O5/c1-26(2)13-11-21(35-26)24(25(33)34)20-10-16-29(5)19-7-8-22-27(3,18(19)9-15-30(20,29)6)14-12-23(32)28(22,4)17-31/h9,19-24,31-32H,7-8,10-17H2,1-6H3,(H,33,34)/t19-,20+,21-,22+,23+,24+,27+,28-,29+,30+/m1/s1. The van der Waals surface area contributed by atoms with Gasteiger partial charge in [-0.3, -0.25) is 4.79 Å². The predicted octanol–water partition coefficient (Wildman–Crippen LogP) is 5.58. The van der Waals surface area contributed by atoms with Gasteiger partial charge in [-0.1, -0.05) is 39.3 Å². The number of carboxylic acid groups (broad SMARTS) is 1. The third-order valence-electron chi connectivity index (χ3n) is 12.6. The minimum absolute atomic E-state index is 0.00710. The van der Waals surface area contributed by atoms with Gasteiger partial charge in [0, 0.05) is 5.41 Å². The van der Waals surface area contributed by atoms with Crippen molar-refractivity contribution < 1.29 is 24.9 Å². The van der Waals surface area contributed by atoms with Crippen LogP contribution in [0.4, 0.5) is 0 Å². The van der Waals surface area contributed by atoms with Crippen LogP contribution in [0.15, 0.2) is 11.6 Å². The van der Waals surface area contributed by atoms with Crippen LogP contribution in [0, 0.1) is 45.3 Å². The van der Waals surface area contributed by atoms with Crippen molar-refractivity contribution in [1.29, 1.82) is 0 Å². The first kappa shape index (κ1) is 25.7. The molecule has 5 rings (SSSR count). The van der Waals surface area contributed by atoms with Crippen molar-refractivity contribution in [2.45, 2.75) is 117 Å². The highest BCUT2D eigenvalue weighted by molar-refractivity contribution is 5.71. The van der Waals surface area contributed by atoms with Gasteiger partial charge in [-0.2, -0.15) is 0 Å². The molecule has 4 fully saturated rings. The molecule has 3 saturated carbocycles. The van der Waals surface area contributed by atoms with Gasteiger partial charge in [0.1, 0.15) is 0 Å². The Morgan fingerprint density at radius 2 is 1.71 bits per heavy atom. The van der Waals surface area contributed by atoms with Gasteiger partial charge in [-0.05, 0) is 106 Å². The highest BCUT2D eigenvalue weighted by Crippen LogP contribution is 2.73. The topological polar surface area (TPSA) is 87.0 Å². The van der Waals surface area contributed by atoms with E-state index in [-0.39, 0.29) is 46.4 Å². The van der Waals surface area contributed by atoms with E-state index in [1.165, 1.54) is 0 Å². The Bertz CT molecular complexity index is 910. The van der Waals surface area contributed by atoms with Gasteiger partial charge in [0.15, 0.2) is 0 Å². The SMILES string of the molecule is CC1(C)CC[C@H]([C@@H](C(=O)O)[C@@H]2CC[C@@]3(C)[C@@H]4CC[C@@H]5[C@@](C)(CO)[C@@H](O)CC[C@@]5(C)C4=CC[C@@]23C)O1. The molecule has 4 aliphatic carbocycles. The summed E-state index contributed by atoms with van der Waals surface area (Å²) in [7, 11) is 0. The van der Waals surface area contributed by atoms with E-state index in [9.17, 15) is 20.1 Å². The van der Waals surface area contributed by atoms with E-state index in [2.05, 4.69) is 47.6 Å². The summed E-state index contributed by atoms with van der Waals surface area (Å²) in [6.45, 7) is 13.5. The number of carbonyl (C=O) groups is 1. The summed E-state index contributed by atoms with van der Waals surface area (Å²) < 4.78 is 6.34. The van der Waals surface area contributed by atoms with E-state index in [1.54, 1.807) is 5.57 Å². The lowest BCUT2D eigenvalue weighted by Crippen LogP contribution is -2.59. The molecule has 5 heteroatoms. The van der Waals surface area contributed by atoms with Crippen LogP contribution in [0.2, 0.25) is 0 Å². The zero-order valence-electron chi connectivity index (χ0n) is 22.8. The Kier molecular flexibility index (Phi) is 5.91. The average Bonchev–Trinajstić information content (AvgIpc) is 3.28. The van der Waals surface area contributed by atoms with Crippen molar-refractivity contribution in [2.24, 2.45) is 45.3 Å². The number of hydrogen-bond acceptors (Lipinski definition) is 4. The van der Waals surface area contributed by atoms with Crippen molar-refractivity contribution in [1.82, 2.24) is 0 Å². The summed E-state index contributed by atoms with van der Waals surface area (Å²) in [5, 5.41) is 31.7. The maximum Gasteiger partial charge on any atom is 0.309 e. The molecule has 3 N–H and O–H groups in total. The Morgan fingerprint density at radius 3 is 2.31 bits per heavy atom. The second-order valence-electron chi connectivity index (χ2n) is 14.5. The van der Waals surface area contributed by atoms with Crippen molar-refractivity contribution in [3.05, 3.63) is 11.6 Å². The lowest BCUT2D eigenvalue weighted by molar-refractivity contribution is -0.160. The van der Waals surface area contributed by atoms with Crippen LogP contribution >= 0.6 is 0 Å². The lowest BCUT2D eigenvalue weighted by atomic mass is 9.41. The third kappa shape index (κ3) is 3.39. The minimum Gasteiger partial charge on any atom is -0.481 e. The van der Waals surface area contributed by atoms with Crippen LogP contribution in [-0.2, 0) is 9.53 Å². The molecule has 0 radical (unpaired) electrons. The van der Waals surface area contributed by atoms with E-state index >= 15 is 0 Å². The fourth-order valence-corrected chi connectivity index (χ4v) is 10.2. The molecule has 10 atom stereocenters. The van der Waals surface area contributed by atoms with E-state index in [1.807, 2.05) is 0 Å². The van der Waals surface area contributed by atoms with Gasteiger partial charge >= 0.3 is 5.97 Å². The molecule has 0 bridgehead atoms. The van der Waals surface area contributed by atoms with E-state index in [0.717, 1.165) is 57.8 Å². The molecule has 5 nitrogen and oxygen atoms in total. The molecule has 198 valence electrons. The van der Waals surface area contributed by atoms with Gasteiger partial charge in [-0.25, -0.2) is 0 Å². The third-order valence-corrected chi connectivity index (χ3v) is 12.6. The second kappa shape index (κ2) is 8.04. The van der Waals surface area contributed by atoms with E-state index in [4.69, 9.17) is 4.74 Å². The number of rotatable bonds is 4. The molecule has 5 aliphatic rings. The summed E-state index contributed by atoms with van der Waals surface area (Å²) >= 11 is 0. The molecule has 1 heterocycles. The highest BCUT2D eigenvalue weighted by atomic mass is 16.5. The van der Waals surface area contributed by atoms with Gasteiger partial charge in [0.2, 0.25) is 0 Å². The van der Waals surface area contributed by atoms with Crippen molar-refractivity contribution in [2.75, 3.05) is 6.61 Å². The minimum atomic E-state index is -0.686. The highest BCUT2D eigenvalue weighted by Gasteiger charge is 2.67. The number of fused-ring (bicyclic) bond motifs is 5. The fourth-order valence-electron chi connectivity index (χ4n) is 10.2. The molecular formula is C30H48O5. The largest absolute Gasteiger partial charge is 0.481 e. The monoisotopic (exact) mass is 488 g/mol. The zero-order chi connectivity index (χ0) is 25.6. The van der Waals surface area contributed by atoms with Gasteiger partial charge in [0.05, 0.1) is 30.3 Å². The predicted molar refractivity (Wildman–Crippen MR) is 136 cm³/mol. The molecule has 0 aromatic carbocycles. The van der Waals surface area contributed by atoms with E-state index < -0.39 is 23.4 Å². The first-order valence-corrected chi connectivity index (χ1v) is 14.1. The molecule has 1 aliphatic heterocycles. The number of aliphatic hydroxyl groups is 2. The summed E-state index contributed by atoms with van der Waals surface area (Å²) in [5.74, 6) is -0.303. The molecule has 0 spiro atoms. The van der Waals surface area contributed by atoms with Gasteiger partial charge in [-0.15, -0.1) is 0 Å². The van der Waals surface area contributed by atoms with Crippen LogP contribution in [-0.4, -0.2) is 45.7 Å². The summed E-state index contributed by atoms with van der Waals surface area (Å²) in [6, 6.07) is 0. The fraction of sp³-hybridized carbons (Fsp3) is 0.900. The first-order chi connectivity index (χ1) is 16.2. The Labute approximate surface area is 211 Å². The van der Waals surface area contributed by atoms with Crippen LogP contribution in [0.25, 0.3) is 0 Å². The Hall–Kier alpha value is -0.910. The van der Waals surface area contributed by atoms with Gasteiger partial charge in [0.25, 0.3) is 0 Å². The summed E-state index contributed by atoms with van der Waals surface area (Å²) in [5.41, 5.74) is 0.831. The summed E-state index contributed by atoms with van der Waals surface area (Å²) in [4.78, 5) is 12.7. The van der Waals surface area contributed by atoms with Crippen molar-refractivity contribution in [3.8, 4) is 0 Å². The van der Waals surface area contributed by atoms with Crippen LogP contribution in [0.3, 0.4) is 0 Å². The number of hydrogen-bond donors (Lipinski definition) is 3. The van der Waals surface area contributed by atoms with Crippen LogP contribution in [0.5, 0.6) is 0 Å². The van der Waals surface area contributed by atoms with Crippen molar-refractivity contribution >= 4 is 5.97 Å². The molecule has 0 aromatic heterocycles. The van der Waals surface area contributed by atoms with Gasteiger partial charge < -0.3 is 20.1 Å². The normalized spacial score (nSPS) is 51.7.